The van der Waals surface area contributed by atoms with Gasteiger partial charge in [0, 0.05) is 12.0 Å². The van der Waals surface area contributed by atoms with Crippen LogP contribution in [-0.2, 0) is 14.3 Å². The van der Waals surface area contributed by atoms with E-state index < -0.39 is 12.0 Å². The van der Waals surface area contributed by atoms with Crippen LogP contribution in [0.5, 0.6) is 0 Å². The summed E-state index contributed by atoms with van der Waals surface area (Å²) >= 11 is 0. The first-order chi connectivity index (χ1) is 10.4. The number of carbonyl (C=O) groups is 3. The minimum Gasteiger partial charge on any atom is -0.469 e. The summed E-state index contributed by atoms with van der Waals surface area (Å²) in [6.45, 7) is 3.96. The van der Waals surface area contributed by atoms with Crippen LogP contribution in [0.1, 0.15) is 43.5 Å². The zero-order chi connectivity index (χ0) is 16.5. The van der Waals surface area contributed by atoms with Crippen molar-refractivity contribution in [2.45, 2.75) is 39.2 Å². The molecular formula is C17H23NO4. The van der Waals surface area contributed by atoms with Gasteiger partial charge in [0.1, 0.15) is 0 Å². The summed E-state index contributed by atoms with van der Waals surface area (Å²) in [7, 11) is 1.29. The predicted molar refractivity (Wildman–Crippen MR) is 83.4 cm³/mol. The summed E-state index contributed by atoms with van der Waals surface area (Å²) < 4.78 is 4.53. The van der Waals surface area contributed by atoms with E-state index in [1.54, 1.807) is 24.3 Å². The van der Waals surface area contributed by atoms with Crippen molar-refractivity contribution in [1.29, 1.82) is 0 Å². The van der Waals surface area contributed by atoms with Crippen LogP contribution in [0.3, 0.4) is 0 Å². The largest absolute Gasteiger partial charge is 0.469 e. The Bertz CT molecular complexity index is 511. The molecule has 0 spiro atoms. The molecule has 0 saturated heterocycles. The van der Waals surface area contributed by atoms with E-state index >= 15 is 0 Å². The average Bonchev–Trinajstić information content (AvgIpc) is 2.51. The van der Waals surface area contributed by atoms with Gasteiger partial charge in [-0.1, -0.05) is 32.0 Å². The summed E-state index contributed by atoms with van der Waals surface area (Å²) in [5.74, 6) is -0.602. The second-order valence-electron chi connectivity index (χ2n) is 5.56. The van der Waals surface area contributed by atoms with Gasteiger partial charge in [-0.05, 0) is 24.5 Å². The standard InChI is InChI=1S/C17H23NO4/c1-12(2)11-14(15(19)9-10-16(20)22-3)18-17(21)13-7-5-4-6-8-13/h4-8,12,14H,9-11H2,1-3H3,(H,18,21). The first-order valence-electron chi connectivity index (χ1n) is 7.39. The molecule has 0 aliphatic carbocycles. The maximum atomic E-state index is 12.2. The van der Waals surface area contributed by atoms with Gasteiger partial charge in [-0.2, -0.15) is 0 Å². The summed E-state index contributed by atoms with van der Waals surface area (Å²) in [6, 6.07) is 8.17. The molecule has 1 amide bonds. The highest BCUT2D eigenvalue weighted by atomic mass is 16.5. The van der Waals surface area contributed by atoms with E-state index in [0.29, 0.717) is 12.0 Å². The van der Waals surface area contributed by atoms with E-state index in [0.717, 1.165) is 0 Å². The normalized spacial score (nSPS) is 11.8. The maximum absolute atomic E-state index is 12.2. The molecule has 0 bridgehead atoms. The molecule has 0 radical (unpaired) electrons. The molecule has 0 aliphatic heterocycles. The first kappa shape index (κ1) is 17.9. The van der Waals surface area contributed by atoms with Crippen LogP contribution in [0.15, 0.2) is 30.3 Å². The van der Waals surface area contributed by atoms with Crippen molar-refractivity contribution < 1.29 is 19.1 Å². The van der Waals surface area contributed by atoms with Crippen LogP contribution in [0, 0.1) is 5.92 Å². The van der Waals surface area contributed by atoms with Crippen LogP contribution < -0.4 is 5.32 Å². The van der Waals surface area contributed by atoms with Crippen molar-refractivity contribution in [3.05, 3.63) is 35.9 Å². The van der Waals surface area contributed by atoms with Gasteiger partial charge in [0.25, 0.3) is 5.91 Å². The van der Waals surface area contributed by atoms with Crippen molar-refractivity contribution >= 4 is 17.7 Å². The zero-order valence-electron chi connectivity index (χ0n) is 13.3. The van der Waals surface area contributed by atoms with E-state index in [9.17, 15) is 14.4 Å². The first-order valence-corrected chi connectivity index (χ1v) is 7.39. The number of methoxy groups -OCH3 is 1. The van der Waals surface area contributed by atoms with Crippen LogP contribution in [-0.4, -0.2) is 30.8 Å². The van der Waals surface area contributed by atoms with Gasteiger partial charge in [-0.25, -0.2) is 0 Å². The van der Waals surface area contributed by atoms with Gasteiger partial charge in [0.15, 0.2) is 5.78 Å². The van der Waals surface area contributed by atoms with Gasteiger partial charge >= 0.3 is 5.97 Å². The lowest BCUT2D eigenvalue weighted by molar-refractivity contribution is -0.142. The van der Waals surface area contributed by atoms with Gasteiger partial charge in [-0.3, -0.25) is 14.4 Å². The number of nitrogens with one attached hydrogen (secondary N) is 1. The molecule has 1 aromatic rings. The van der Waals surface area contributed by atoms with Crippen molar-refractivity contribution in [3.8, 4) is 0 Å². The van der Waals surface area contributed by atoms with Gasteiger partial charge in [0.05, 0.1) is 19.6 Å². The van der Waals surface area contributed by atoms with Crippen LogP contribution in [0.4, 0.5) is 0 Å². The molecule has 1 atom stereocenters. The highest BCUT2D eigenvalue weighted by Crippen LogP contribution is 2.10. The minimum atomic E-state index is -0.586. The fourth-order valence-corrected chi connectivity index (χ4v) is 2.07. The third-order valence-corrected chi connectivity index (χ3v) is 3.24. The monoisotopic (exact) mass is 305 g/mol. The zero-order valence-corrected chi connectivity index (χ0v) is 13.3. The molecule has 0 aliphatic rings. The third kappa shape index (κ3) is 6.08. The topological polar surface area (TPSA) is 72.5 Å². The molecule has 1 unspecified atom stereocenters. The molecule has 0 heterocycles. The summed E-state index contributed by atoms with van der Waals surface area (Å²) in [4.78, 5) is 35.6. The molecule has 0 fully saturated rings. The number of hydrogen-bond acceptors (Lipinski definition) is 4. The lowest BCUT2D eigenvalue weighted by Gasteiger charge is -2.19. The Morgan fingerprint density at radius 1 is 1.09 bits per heavy atom. The lowest BCUT2D eigenvalue weighted by Crippen LogP contribution is -2.41. The number of hydrogen-bond donors (Lipinski definition) is 1. The highest BCUT2D eigenvalue weighted by Gasteiger charge is 2.22. The van der Waals surface area contributed by atoms with Crippen molar-refractivity contribution in [2.24, 2.45) is 5.92 Å². The predicted octanol–water partition coefficient (Wildman–Crippen LogP) is 2.35. The Morgan fingerprint density at radius 3 is 2.27 bits per heavy atom. The number of Topliss-reactive ketones (excluding diaryl/α,β-unsaturated/α-hetero) is 1. The maximum Gasteiger partial charge on any atom is 0.305 e. The molecule has 22 heavy (non-hydrogen) atoms. The van der Waals surface area contributed by atoms with E-state index in [1.807, 2.05) is 19.9 Å². The molecule has 1 rings (SSSR count). The van der Waals surface area contributed by atoms with Crippen molar-refractivity contribution in [1.82, 2.24) is 5.32 Å². The van der Waals surface area contributed by atoms with Crippen molar-refractivity contribution in [2.75, 3.05) is 7.11 Å². The minimum absolute atomic E-state index is 0.0329. The van der Waals surface area contributed by atoms with Gasteiger partial charge in [-0.15, -0.1) is 0 Å². The number of amides is 1. The Morgan fingerprint density at radius 2 is 1.73 bits per heavy atom. The Hall–Kier alpha value is -2.17. The molecule has 1 N–H and O–H groups in total. The van der Waals surface area contributed by atoms with E-state index in [4.69, 9.17) is 0 Å². The number of carbonyl (C=O) groups excluding carboxylic acids is 3. The second kappa shape index (κ2) is 8.97. The molecule has 5 nitrogen and oxygen atoms in total. The molecule has 0 saturated carbocycles. The van der Waals surface area contributed by atoms with Gasteiger partial charge in [0.2, 0.25) is 0 Å². The highest BCUT2D eigenvalue weighted by molar-refractivity contribution is 5.98. The van der Waals surface area contributed by atoms with E-state index in [2.05, 4.69) is 10.1 Å². The number of ketones is 1. The fraction of sp³-hybridized carbons (Fsp3) is 0.471. The van der Waals surface area contributed by atoms with Crippen LogP contribution >= 0.6 is 0 Å². The molecule has 1 aromatic carbocycles. The molecular weight excluding hydrogens is 282 g/mol. The lowest BCUT2D eigenvalue weighted by atomic mass is 9.97. The number of esters is 1. The fourth-order valence-electron chi connectivity index (χ4n) is 2.07. The second-order valence-corrected chi connectivity index (χ2v) is 5.56. The van der Waals surface area contributed by atoms with Gasteiger partial charge < -0.3 is 10.1 Å². The molecule has 0 aromatic heterocycles. The number of rotatable bonds is 8. The molecule has 5 heteroatoms. The average molecular weight is 305 g/mol. The van der Waals surface area contributed by atoms with Crippen molar-refractivity contribution in [3.63, 3.8) is 0 Å². The summed E-state index contributed by atoms with van der Waals surface area (Å²) in [6.07, 6.45) is 0.642. The van der Waals surface area contributed by atoms with E-state index in [-0.39, 0.29) is 30.4 Å². The number of ether oxygens (including phenoxy) is 1. The van der Waals surface area contributed by atoms with E-state index in [1.165, 1.54) is 7.11 Å². The SMILES string of the molecule is COC(=O)CCC(=O)C(CC(C)C)NC(=O)c1ccccc1. The summed E-state index contributed by atoms with van der Waals surface area (Å²) in [5, 5.41) is 2.77. The quantitative estimate of drug-likeness (QED) is 0.748. The van der Waals surface area contributed by atoms with Crippen LogP contribution in [0.25, 0.3) is 0 Å². The third-order valence-electron chi connectivity index (χ3n) is 3.24. The van der Waals surface area contributed by atoms with Crippen LogP contribution in [0.2, 0.25) is 0 Å². The number of benzene rings is 1. The Kier molecular flexibility index (Phi) is 7.29. The smallest absolute Gasteiger partial charge is 0.305 e. The Labute approximate surface area is 131 Å². The Balaban J connectivity index is 2.69. The molecule has 120 valence electrons. The summed E-state index contributed by atoms with van der Waals surface area (Å²) in [5.41, 5.74) is 0.511.